The van der Waals surface area contributed by atoms with Gasteiger partial charge in [0.2, 0.25) is 0 Å². The molecule has 2 rings (SSSR count). The lowest BCUT2D eigenvalue weighted by molar-refractivity contribution is -0.384. The summed E-state index contributed by atoms with van der Waals surface area (Å²) in [7, 11) is 0. The van der Waals surface area contributed by atoms with Crippen molar-refractivity contribution in [2.75, 3.05) is 11.9 Å². The summed E-state index contributed by atoms with van der Waals surface area (Å²) in [5.41, 5.74) is 0.853. The second kappa shape index (κ2) is 6.78. The molecule has 1 aromatic carbocycles. The van der Waals surface area contributed by atoms with Crippen LogP contribution >= 0.6 is 0 Å². The summed E-state index contributed by atoms with van der Waals surface area (Å²) in [4.78, 5) is 10.7. The Morgan fingerprint density at radius 2 is 2.10 bits per heavy atom. The summed E-state index contributed by atoms with van der Waals surface area (Å²) < 4.78 is 5.55. The highest BCUT2D eigenvalue weighted by Crippen LogP contribution is 2.35. The first kappa shape index (κ1) is 15.6. The highest BCUT2D eigenvalue weighted by molar-refractivity contribution is 5.57. The first-order valence-corrected chi connectivity index (χ1v) is 7.70. The van der Waals surface area contributed by atoms with Gasteiger partial charge in [0.05, 0.1) is 17.6 Å². The van der Waals surface area contributed by atoms with E-state index in [-0.39, 0.29) is 10.6 Å². The zero-order valence-electron chi connectivity index (χ0n) is 13.0. The molecule has 3 unspecified atom stereocenters. The van der Waals surface area contributed by atoms with Gasteiger partial charge in [0, 0.05) is 23.9 Å². The van der Waals surface area contributed by atoms with Crippen LogP contribution in [0.5, 0.6) is 5.75 Å². The minimum atomic E-state index is -0.370. The summed E-state index contributed by atoms with van der Waals surface area (Å²) in [5.74, 6) is 1.83. The Bertz CT molecular complexity index is 504. The van der Waals surface area contributed by atoms with E-state index >= 15 is 0 Å². The first-order valence-electron chi connectivity index (χ1n) is 7.70. The van der Waals surface area contributed by atoms with E-state index in [1.165, 1.54) is 12.5 Å². The van der Waals surface area contributed by atoms with Gasteiger partial charge in [-0.15, -0.1) is 0 Å². The molecule has 5 heteroatoms. The van der Waals surface area contributed by atoms with Gasteiger partial charge in [0.15, 0.2) is 0 Å². The largest absolute Gasteiger partial charge is 0.493 e. The molecule has 0 aliphatic heterocycles. The van der Waals surface area contributed by atoms with Gasteiger partial charge in [-0.3, -0.25) is 10.1 Å². The molecule has 5 nitrogen and oxygen atoms in total. The number of ether oxygens (including phenoxy) is 1. The third-order valence-corrected chi connectivity index (χ3v) is 4.39. The number of anilines is 1. The van der Waals surface area contributed by atoms with Gasteiger partial charge in [-0.25, -0.2) is 0 Å². The van der Waals surface area contributed by atoms with Gasteiger partial charge in [0.1, 0.15) is 5.75 Å². The molecule has 0 heterocycles. The van der Waals surface area contributed by atoms with Crippen molar-refractivity contribution in [2.45, 2.75) is 46.1 Å². The molecule has 1 aromatic rings. The summed E-state index contributed by atoms with van der Waals surface area (Å²) >= 11 is 0. The van der Waals surface area contributed by atoms with Crippen LogP contribution in [0, 0.1) is 22.0 Å². The molecular formula is C16H24N2O3. The third-order valence-electron chi connectivity index (χ3n) is 4.39. The maximum Gasteiger partial charge on any atom is 0.275 e. The Kier molecular flexibility index (Phi) is 5.04. The molecule has 0 bridgehead atoms. The van der Waals surface area contributed by atoms with E-state index in [0.717, 1.165) is 18.5 Å². The van der Waals surface area contributed by atoms with E-state index in [2.05, 4.69) is 19.2 Å². The summed E-state index contributed by atoms with van der Waals surface area (Å²) in [6.07, 6.45) is 3.19. The Balaban J connectivity index is 2.17. The minimum Gasteiger partial charge on any atom is -0.493 e. The normalized spacial score (nSPS) is 24.8. The lowest BCUT2D eigenvalue weighted by Crippen LogP contribution is -2.24. The molecule has 1 aliphatic rings. The molecule has 1 aliphatic carbocycles. The van der Waals surface area contributed by atoms with Gasteiger partial charge >= 0.3 is 0 Å². The van der Waals surface area contributed by atoms with Crippen LogP contribution in [-0.4, -0.2) is 17.6 Å². The molecule has 21 heavy (non-hydrogen) atoms. The molecule has 0 aromatic heterocycles. The molecule has 1 fully saturated rings. The Morgan fingerprint density at radius 3 is 2.67 bits per heavy atom. The van der Waals surface area contributed by atoms with Crippen molar-refractivity contribution in [1.29, 1.82) is 0 Å². The fraction of sp³-hybridized carbons (Fsp3) is 0.625. The van der Waals surface area contributed by atoms with Crippen molar-refractivity contribution in [2.24, 2.45) is 11.8 Å². The number of benzene rings is 1. The lowest BCUT2D eigenvalue weighted by Gasteiger charge is -2.21. The van der Waals surface area contributed by atoms with Crippen molar-refractivity contribution in [3.05, 3.63) is 28.3 Å². The van der Waals surface area contributed by atoms with Crippen LogP contribution in [0.4, 0.5) is 11.4 Å². The molecule has 1 N–H and O–H groups in total. The van der Waals surface area contributed by atoms with Crippen molar-refractivity contribution >= 4 is 11.4 Å². The van der Waals surface area contributed by atoms with Crippen LogP contribution in [0.15, 0.2) is 18.2 Å². The number of nitrogens with one attached hydrogen (secondary N) is 1. The number of hydrogen-bond acceptors (Lipinski definition) is 4. The van der Waals surface area contributed by atoms with Crippen LogP contribution in [0.25, 0.3) is 0 Å². The van der Waals surface area contributed by atoms with Gasteiger partial charge in [-0.1, -0.05) is 20.8 Å². The van der Waals surface area contributed by atoms with Crippen LogP contribution in [0.3, 0.4) is 0 Å². The van der Waals surface area contributed by atoms with E-state index in [0.29, 0.717) is 30.2 Å². The summed E-state index contributed by atoms with van der Waals surface area (Å²) in [6, 6.07) is 5.31. The fourth-order valence-electron chi connectivity index (χ4n) is 2.86. The molecule has 116 valence electrons. The molecule has 0 amide bonds. The lowest BCUT2D eigenvalue weighted by atomic mass is 9.97. The van der Waals surface area contributed by atoms with Gasteiger partial charge in [-0.2, -0.15) is 0 Å². The number of non-ortho nitro benzene ring substituents is 1. The number of nitro groups is 1. The van der Waals surface area contributed by atoms with E-state index in [4.69, 9.17) is 4.74 Å². The van der Waals surface area contributed by atoms with Crippen LogP contribution in [0.1, 0.15) is 40.0 Å². The Hall–Kier alpha value is -1.78. The second-order valence-corrected chi connectivity index (χ2v) is 5.99. The highest BCUT2D eigenvalue weighted by Gasteiger charge is 2.29. The fourth-order valence-corrected chi connectivity index (χ4v) is 2.86. The smallest absolute Gasteiger partial charge is 0.275 e. The van der Waals surface area contributed by atoms with Crippen LogP contribution in [-0.2, 0) is 0 Å². The van der Waals surface area contributed by atoms with E-state index in [1.807, 2.05) is 13.0 Å². The maximum absolute atomic E-state index is 11.1. The summed E-state index contributed by atoms with van der Waals surface area (Å²) in [6.45, 7) is 7.08. The van der Waals surface area contributed by atoms with Crippen LogP contribution < -0.4 is 10.1 Å². The van der Waals surface area contributed by atoms with Crippen molar-refractivity contribution < 1.29 is 9.66 Å². The van der Waals surface area contributed by atoms with Gasteiger partial charge in [-0.05, 0) is 31.1 Å². The molecule has 0 radical (unpaired) electrons. The standard InChI is InChI=1S/C16H24N2O3/c1-4-7-21-15-9-13(8-14(10-15)18(19)20)17-16-6-5-11(2)12(16)3/h8-12,16-17H,4-7H2,1-3H3. The Labute approximate surface area is 125 Å². The minimum absolute atomic E-state index is 0.0739. The molecule has 1 saturated carbocycles. The SMILES string of the molecule is CCCOc1cc(NC2CCC(C)C2C)cc([N+](=O)[O-])c1. The van der Waals surface area contributed by atoms with E-state index < -0.39 is 0 Å². The quantitative estimate of drug-likeness (QED) is 0.629. The first-order chi connectivity index (χ1) is 10.0. The van der Waals surface area contributed by atoms with Crippen LogP contribution in [0.2, 0.25) is 0 Å². The average molecular weight is 292 g/mol. The topological polar surface area (TPSA) is 64.4 Å². The number of nitrogens with zero attached hydrogens (tertiary/aromatic N) is 1. The Morgan fingerprint density at radius 1 is 1.33 bits per heavy atom. The van der Waals surface area contributed by atoms with Gasteiger partial charge < -0.3 is 10.1 Å². The molecule has 3 atom stereocenters. The van der Waals surface area contributed by atoms with Crippen molar-refractivity contribution in [3.8, 4) is 5.75 Å². The predicted octanol–water partition coefficient (Wildman–Crippen LogP) is 4.23. The molecular weight excluding hydrogens is 268 g/mol. The molecule has 0 saturated heterocycles. The number of rotatable bonds is 6. The van der Waals surface area contributed by atoms with E-state index in [9.17, 15) is 10.1 Å². The zero-order valence-corrected chi connectivity index (χ0v) is 13.0. The number of nitro benzene ring substituents is 1. The maximum atomic E-state index is 11.1. The van der Waals surface area contributed by atoms with Crippen molar-refractivity contribution in [1.82, 2.24) is 0 Å². The van der Waals surface area contributed by atoms with Crippen molar-refractivity contribution in [3.63, 3.8) is 0 Å². The highest BCUT2D eigenvalue weighted by atomic mass is 16.6. The molecule has 0 spiro atoms. The second-order valence-electron chi connectivity index (χ2n) is 5.99. The average Bonchev–Trinajstić information content (AvgIpc) is 2.77. The number of hydrogen-bond donors (Lipinski definition) is 1. The summed E-state index contributed by atoms with van der Waals surface area (Å²) in [5, 5.41) is 14.5. The van der Waals surface area contributed by atoms with E-state index in [1.54, 1.807) is 6.07 Å². The predicted molar refractivity (Wildman–Crippen MR) is 83.9 cm³/mol. The monoisotopic (exact) mass is 292 g/mol. The zero-order chi connectivity index (χ0) is 15.4. The van der Waals surface area contributed by atoms with Gasteiger partial charge in [0.25, 0.3) is 5.69 Å². The third kappa shape index (κ3) is 3.86.